The molecule has 2 saturated heterocycles. The minimum Gasteiger partial charge on any atom is -0.342 e. The van der Waals surface area contributed by atoms with Gasteiger partial charge in [-0.2, -0.15) is 0 Å². The molecule has 2 aliphatic rings. The molecule has 2 fully saturated rings. The molecule has 0 radical (unpaired) electrons. The van der Waals surface area contributed by atoms with E-state index in [1.165, 1.54) is 0 Å². The quantitative estimate of drug-likeness (QED) is 0.858. The second-order valence-corrected chi connectivity index (χ2v) is 8.53. The number of halogens is 1. The minimum absolute atomic E-state index is 0. The second kappa shape index (κ2) is 8.19. The van der Waals surface area contributed by atoms with Gasteiger partial charge >= 0.3 is 0 Å². The van der Waals surface area contributed by atoms with Gasteiger partial charge in [0.05, 0.1) is 11.5 Å². The first-order chi connectivity index (χ1) is 12.3. The van der Waals surface area contributed by atoms with E-state index in [2.05, 4.69) is 19.1 Å². The second-order valence-electron chi connectivity index (χ2n) is 8.53. The van der Waals surface area contributed by atoms with Crippen LogP contribution in [0.15, 0.2) is 30.3 Å². The van der Waals surface area contributed by atoms with Crippen LogP contribution in [0.1, 0.15) is 51.5 Å². The molecule has 1 unspecified atom stereocenters. The van der Waals surface area contributed by atoms with Gasteiger partial charge in [-0.15, -0.1) is 12.4 Å². The summed E-state index contributed by atoms with van der Waals surface area (Å²) in [7, 11) is 0. The van der Waals surface area contributed by atoms with Gasteiger partial charge in [0.15, 0.2) is 0 Å². The van der Waals surface area contributed by atoms with E-state index in [0.717, 1.165) is 51.0 Å². The van der Waals surface area contributed by atoms with Crippen LogP contribution in [0.3, 0.4) is 0 Å². The molecule has 150 valence electrons. The van der Waals surface area contributed by atoms with Crippen molar-refractivity contribution >= 4 is 24.2 Å². The Bertz CT molecular complexity index is 664. The molecular formula is C21H32ClN3O2. The zero-order valence-electron chi connectivity index (χ0n) is 16.6. The lowest BCUT2D eigenvalue weighted by Gasteiger charge is -2.50. The van der Waals surface area contributed by atoms with Gasteiger partial charge in [0, 0.05) is 26.2 Å². The van der Waals surface area contributed by atoms with Crippen molar-refractivity contribution in [3.8, 4) is 0 Å². The van der Waals surface area contributed by atoms with Crippen LogP contribution in [0.25, 0.3) is 0 Å². The van der Waals surface area contributed by atoms with E-state index in [9.17, 15) is 9.59 Å². The molecule has 1 spiro atoms. The van der Waals surface area contributed by atoms with Crippen molar-refractivity contribution in [1.29, 1.82) is 0 Å². The number of nitrogens with two attached hydrogens (primary N) is 1. The number of hydrogen-bond donors (Lipinski definition) is 1. The van der Waals surface area contributed by atoms with Gasteiger partial charge in [0.1, 0.15) is 0 Å². The molecule has 3 rings (SSSR count). The molecule has 5 nitrogen and oxygen atoms in total. The fourth-order valence-electron chi connectivity index (χ4n) is 4.46. The number of rotatable bonds is 3. The average Bonchev–Trinajstić information content (AvgIpc) is 2.63. The van der Waals surface area contributed by atoms with Gasteiger partial charge in [-0.3, -0.25) is 9.59 Å². The van der Waals surface area contributed by atoms with Crippen molar-refractivity contribution in [3.63, 3.8) is 0 Å². The summed E-state index contributed by atoms with van der Waals surface area (Å²) >= 11 is 0. The van der Waals surface area contributed by atoms with Crippen LogP contribution >= 0.6 is 12.4 Å². The number of piperidine rings is 2. The van der Waals surface area contributed by atoms with Gasteiger partial charge in [-0.05, 0) is 51.0 Å². The molecular weight excluding hydrogens is 362 g/mol. The average molecular weight is 394 g/mol. The highest BCUT2D eigenvalue weighted by Crippen LogP contribution is 2.45. The Kier molecular flexibility index (Phi) is 6.59. The maximum Gasteiger partial charge on any atom is 0.242 e. The predicted molar refractivity (Wildman–Crippen MR) is 110 cm³/mol. The normalized spacial score (nSPS) is 22.5. The number of nitrogens with zero attached hydrogens (tertiary/aromatic N) is 2. The summed E-state index contributed by atoms with van der Waals surface area (Å²) in [6.07, 6.45) is 2.74. The number of benzene rings is 1. The topological polar surface area (TPSA) is 66.6 Å². The molecule has 2 N–H and O–H groups in total. The maximum absolute atomic E-state index is 12.9. The third-order valence-corrected chi connectivity index (χ3v) is 6.02. The Morgan fingerprint density at radius 2 is 1.81 bits per heavy atom. The molecule has 2 amide bonds. The van der Waals surface area contributed by atoms with Crippen molar-refractivity contribution in [2.75, 3.05) is 26.2 Å². The van der Waals surface area contributed by atoms with Crippen LogP contribution < -0.4 is 5.73 Å². The van der Waals surface area contributed by atoms with Gasteiger partial charge in [-0.1, -0.05) is 30.3 Å². The summed E-state index contributed by atoms with van der Waals surface area (Å²) in [6.45, 7) is 8.59. The molecule has 0 aliphatic carbocycles. The summed E-state index contributed by atoms with van der Waals surface area (Å²) in [5.41, 5.74) is 6.38. The van der Waals surface area contributed by atoms with Crippen LogP contribution in [-0.4, -0.2) is 53.3 Å². The number of likely N-dealkylation sites (tertiary alicyclic amines) is 2. The van der Waals surface area contributed by atoms with E-state index in [0.29, 0.717) is 0 Å². The third kappa shape index (κ3) is 4.46. The lowest BCUT2D eigenvalue weighted by molar-refractivity contribution is -0.145. The van der Waals surface area contributed by atoms with E-state index in [-0.39, 0.29) is 35.6 Å². The minimum atomic E-state index is -0.824. The zero-order valence-corrected chi connectivity index (χ0v) is 17.4. The van der Waals surface area contributed by atoms with Crippen molar-refractivity contribution < 1.29 is 9.59 Å². The van der Waals surface area contributed by atoms with Gasteiger partial charge in [0.2, 0.25) is 11.8 Å². The summed E-state index contributed by atoms with van der Waals surface area (Å²) < 4.78 is 0. The van der Waals surface area contributed by atoms with Crippen LogP contribution in [0.2, 0.25) is 0 Å². The highest BCUT2D eigenvalue weighted by molar-refractivity contribution is 5.86. The number of hydrogen-bond acceptors (Lipinski definition) is 3. The summed E-state index contributed by atoms with van der Waals surface area (Å²) in [5, 5.41) is 0. The van der Waals surface area contributed by atoms with Gasteiger partial charge in [-0.25, -0.2) is 0 Å². The molecule has 0 bridgehead atoms. The Hall–Kier alpha value is -1.59. The van der Waals surface area contributed by atoms with Crippen molar-refractivity contribution in [2.45, 2.75) is 51.5 Å². The largest absolute Gasteiger partial charge is 0.342 e. The molecule has 0 aromatic heterocycles. The van der Waals surface area contributed by atoms with E-state index in [1.807, 2.05) is 28.0 Å². The summed E-state index contributed by atoms with van der Waals surface area (Å²) in [4.78, 5) is 29.3. The third-order valence-electron chi connectivity index (χ3n) is 6.02. The van der Waals surface area contributed by atoms with Gasteiger partial charge in [0.25, 0.3) is 0 Å². The lowest BCUT2D eigenvalue weighted by Crippen LogP contribution is -2.58. The number of carbonyl (C=O) groups excluding carboxylic acids is 2. The molecule has 1 atom stereocenters. The monoisotopic (exact) mass is 393 g/mol. The fraction of sp³-hybridized carbons (Fsp3) is 0.619. The number of amides is 2. The van der Waals surface area contributed by atoms with E-state index < -0.39 is 5.54 Å². The Labute approximate surface area is 168 Å². The first-order valence-electron chi connectivity index (χ1n) is 9.68. The first kappa shape index (κ1) is 21.7. The van der Waals surface area contributed by atoms with E-state index in [4.69, 9.17) is 5.73 Å². The van der Waals surface area contributed by atoms with E-state index >= 15 is 0 Å². The zero-order chi connectivity index (χ0) is 18.9. The smallest absolute Gasteiger partial charge is 0.242 e. The maximum atomic E-state index is 12.9. The predicted octanol–water partition coefficient (Wildman–Crippen LogP) is 2.79. The molecule has 27 heavy (non-hydrogen) atoms. The van der Waals surface area contributed by atoms with Crippen LogP contribution in [0.4, 0.5) is 0 Å². The Balaban J connectivity index is 0.00000261. The number of likely N-dealkylation sites (N-methyl/N-ethyl adjacent to an activating group) is 1. The van der Waals surface area contributed by atoms with Gasteiger partial charge < -0.3 is 15.5 Å². The molecule has 1 aromatic carbocycles. The molecule has 1 aromatic rings. The fourth-order valence-corrected chi connectivity index (χ4v) is 4.46. The van der Waals surface area contributed by atoms with Crippen molar-refractivity contribution in [2.24, 2.45) is 11.1 Å². The molecule has 2 heterocycles. The lowest BCUT2D eigenvalue weighted by atomic mass is 9.67. The van der Waals surface area contributed by atoms with E-state index in [1.54, 1.807) is 13.8 Å². The first-order valence-corrected chi connectivity index (χ1v) is 9.68. The number of carbonyl (C=O) groups is 2. The SMILES string of the molecule is CCN1CC2(CCN(C(=O)C(C)(C)N)CC2)CC(c2ccccc2)C1=O.Cl. The molecule has 6 heteroatoms. The Morgan fingerprint density at radius 1 is 1.22 bits per heavy atom. The highest BCUT2D eigenvalue weighted by Gasteiger charge is 2.46. The van der Waals surface area contributed by atoms with Crippen LogP contribution in [0, 0.1) is 5.41 Å². The summed E-state index contributed by atoms with van der Waals surface area (Å²) in [5.74, 6) is 0.190. The van der Waals surface area contributed by atoms with Crippen molar-refractivity contribution in [3.05, 3.63) is 35.9 Å². The van der Waals surface area contributed by atoms with Crippen LogP contribution in [0.5, 0.6) is 0 Å². The molecule has 2 aliphatic heterocycles. The molecule has 0 saturated carbocycles. The summed E-state index contributed by atoms with van der Waals surface area (Å²) in [6, 6.07) is 10.1. The van der Waals surface area contributed by atoms with Crippen molar-refractivity contribution in [1.82, 2.24) is 9.80 Å². The van der Waals surface area contributed by atoms with Crippen LogP contribution in [-0.2, 0) is 9.59 Å². The standard InChI is InChI=1S/C21H31N3O2.ClH/c1-4-23-15-21(10-12-24(13-11-21)19(26)20(2,3)22)14-17(18(23)25)16-8-6-5-7-9-16;/h5-9,17H,4,10-15,22H2,1-3H3;1H. The Morgan fingerprint density at radius 3 is 2.33 bits per heavy atom. The highest BCUT2D eigenvalue weighted by atomic mass is 35.5.